The van der Waals surface area contributed by atoms with Gasteiger partial charge in [-0.1, -0.05) is 30.3 Å². The molecule has 3 rings (SSSR count). The van der Waals surface area contributed by atoms with Crippen LogP contribution in [0.15, 0.2) is 59.2 Å². The molecular formula is C19H19NO4. The molecule has 1 saturated heterocycles. The largest absolute Gasteiger partial charge is 0.465 e. The third-order valence-corrected chi connectivity index (χ3v) is 3.91. The number of ether oxygens (including phenoxy) is 1. The fourth-order valence-corrected chi connectivity index (χ4v) is 2.68. The molecule has 1 aliphatic heterocycles. The van der Waals surface area contributed by atoms with Crippen molar-refractivity contribution in [2.75, 3.05) is 13.1 Å². The van der Waals surface area contributed by atoms with Gasteiger partial charge in [0.1, 0.15) is 5.76 Å². The van der Waals surface area contributed by atoms with Crippen LogP contribution < -0.4 is 0 Å². The number of carbonyl (C=O) groups excluding carboxylic acids is 2. The molecule has 1 aliphatic rings. The van der Waals surface area contributed by atoms with E-state index in [2.05, 4.69) is 0 Å². The van der Waals surface area contributed by atoms with Gasteiger partial charge in [0, 0.05) is 24.7 Å². The van der Waals surface area contributed by atoms with Gasteiger partial charge >= 0.3 is 5.97 Å². The Bertz CT molecular complexity index is 700. The van der Waals surface area contributed by atoms with Crippen LogP contribution in [-0.2, 0) is 14.3 Å². The van der Waals surface area contributed by atoms with Crippen LogP contribution in [0.3, 0.4) is 0 Å². The Labute approximate surface area is 140 Å². The topological polar surface area (TPSA) is 59.8 Å². The molecule has 2 aromatic rings. The van der Waals surface area contributed by atoms with E-state index in [1.807, 2.05) is 18.2 Å². The molecule has 0 radical (unpaired) electrons. The van der Waals surface area contributed by atoms with E-state index in [-0.39, 0.29) is 5.91 Å². The van der Waals surface area contributed by atoms with Gasteiger partial charge in [-0.25, -0.2) is 4.79 Å². The maximum absolute atomic E-state index is 12.7. The number of benzene rings is 1. The van der Waals surface area contributed by atoms with Gasteiger partial charge in [-0.15, -0.1) is 0 Å². The fourth-order valence-electron chi connectivity index (χ4n) is 2.68. The molecule has 24 heavy (non-hydrogen) atoms. The third kappa shape index (κ3) is 3.93. The summed E-state index contributed by atoms with van der Waals surface area (Å²) in [6.07, 6.45) is 5.36. The highest BCUT2D eigenvalue weighted by Gasteiger charge is 2.30. The van der Waals surface area contributed by atoms with Crippen molar-refractivity contribution in [3.05, 3.63) is 66.1 Å². The lowest BCUT2D eigenvalue weighted by Crippen LogP contribution is -2.34. The van der Waals surface area contributed by atoms with Gasteiger partial charge in [0.05, 0.1) is 6.26 Å². The minimum atomic E-state index is -0.918. The van der Waals surface area contributed by atoms with Crippen molar-refractivity contribution >= 4 is 18.0 Å². The normalized spacial score (nSPS) is 15.6. The number of hydrogen-bond acceptors (Lipinski definition) is 4. The van der Waals surface area contributed by atoms with Crippen LogP contribution in [0.4, 0.5) is 0 Å². The number of nitrogens with zero attached hydrogens (tertiary/aromatic N) is 1. The molecule has 0 saturated carbocycles. The second-order valence-electron chi connectivity index (χ2n) is 5.61. The number of esters is 1. The first-order chi connectivity index (χ1) is 11.7. The maximum atomic E-state index is 12.7. The number of hydrogen-bond donors (Lipinski definition) is 0. The molecule has 1 aromatic carbocycles. The van der Waals surface area contributed by atoms with Crippen molar-refractivity contribution < 1.29 is 18.7 Å². The first kappa shape index (κ1) is 16.1. The number of amides is 1. The Balaban J connectivity index is 1.74. The SMILES string of the molecule is O=C(/C=C/c1ccco1)OC(C(=O)N1CCCC1)c1ccccc1. The molecular weight excluding hydrogens is 306 g/mol. The molecule has 1 atom stereocenters. The summed E-state index contributed by atoms with van der Waals surface area (Å²) in [7, 11) is 0. The molecule has 124 valence electrons. The van der Waals surface area contributed by atoms with Crippen LogP contribution in [0.1, 0.15) is 30.3 Å². The summed E-state index contributed by atoms with van der Waals surface area (Å²) in [5.41, 5.74) is 0.675. The smallest absolute Gasteiger partial charge is 0.332 e. The molecule has 5 nitrogen and oxygen atoms in total. The fraction of sp³-hybridized carbons (Fsp3) is 0.263. The molecule has 1 unspecified atom stereocenters. The van der Waals surface area contributed by atoms with Gasteiger partial charge in [0.15, 0.2) is 0 Å². The molecule has 0 N–H and O–H groups in total. The summed E-state index contributed by atoms with van der Waals surface area (Å²) in [5.74, 6) is -0.194. The molecule has 0 bridgehead atoms. The number of rotatable bonds is 5. The Morgan fingerprint density at radius 1 is 1.08 bits per heavy atom. The zero-order valence-corrected chi connectivity index (χ0v) is 13.3. The zero-order chi connectivity index (χ0) is 16.8. The van der Waals surface area contributed by atoms with Crippen molar-refractivity contribution in [1.29, 1.82) is 0 Å². The van der Waals surface area contributed by atoms with Gasteiger partial charge in [0.2, 0.25) is 6.10 Å². The van der Waals surface area contributed by atoms with Crippen molar-refractivity contribution in [2.45, 2.75) is 18.9 Å². The highest BCUT2D eigenvalue weighted by atomic mass is 16.5. The second kappa shape index (κ2) is 7.64. The standard InChI is InChI=1S/C19H19NO4/c21-17(11-10-16-9-6-14-23-16)24-18(15-7-2-1-3-8-15)19(22)20-12-4-5-13-20/h1-3,6-11,14,18H,4-5,12-13H2/b11-10+. The number of carbonyl (C=O) groups is 2. The lowest BCUT2D eigenvalue weighted by atomic mass is 10.1. The molecule has 0 spiro atoms. The van der Waals surface area contributed by atoms with Crippen molar-refractivity contribution in [2.24, 2.45) is 0 Å². The summed E-state index contributed by atoms with van der Waals surface area (Å²) >= 11 is 0. The Morgan fingerprint density at radius 3 is 2.50 bits per heavy atom. The Morgan fingerprint density at radius 2 is 1.83 bits per heavy atom. The number of likely N-dealkylation sites (tertiary alicyclic amines) is 1. The van der Waals surface area contributed by atoms with E-state index in [1.54, 1.807) is 29.2 Å². The predicted molar refractivity (Wildman–Crippen MR) is 88.8 cm³/mol. The van der Waals surface area contributed by atoms with E-state index in [9.17, 15) is 9.59 Å². The van der Waals surface area contributed by atoms with Gasteiger partial charge < -0.3 is 14.1 Å². The van der Waals surface area contributed by atoms with Crippen LogP contribution in [-0.4, -0.2) is 29.9 Å². The summed E-state index contributed by atoms with van der Waals surface area (Å²) in [6.45, 7) is 1.42. The van der Waals surface area contributed by atoms with Crippen molar-refractivity contribution in [3.63, 3.8) is 0 Å². The first-order valence-electron chi connectivity index (χ1n) is 8.00. The molecule has 2 heterocycles. The summed E-state index contributed by atoms with van der Waals surface area (Å²) in [6, 6.07) is 12.6. The lowest BCUT2D eigenvalue weighted by molar-refractivity contribution is -0.156. The van der Waals surface area contributed by atoms with E-state index in [4.69, 9.17) is 9.15 Å². The van der Waals surface area contributed by atoms with E-state index in [0.717, 1.165) is 12.8 Å². The minimum Gasteiger partial charge on any atom is -0.465 e. The van der Waals surface area contributed by atoms with Gasteiger partial charge in [0.25, 0.3) is 5.91 Å². The van der Waals surface area contributed by atoms with Crippen LogP contribution in [0.2, 0.25) is 0 Å². The quantitative estimate of drug-likeness (QED) is 0.626. The van der Waals surface area contributed by atoms with E-state index in [1.165, 1.54) is 18.4 Å². The van der Waals surface area contributed by atoms with Gasteiger partial charge in [-0.3, -0.25) is 4.79 Å². The van der Waals surface area contributed by atoms with Crippen LogP contribution in [0, 0.1) is 0 Å². The summed E-state index contributed by atoms with van der Waals surface area (Å²) in [5, 5.41) is 0. The monoisotopic (exact) mass is 325 g/mol. The lowest BCUT2D eigenvalue weighted by Gasteiger charge is -2.23. The van der Waals surface area contributed by atoms with Crippen LogP contribution in [0.5, 0.6) is 0 Å². The predicted octanol–water partition coefficient (Wildman–Crippen LogP) is 3.20. The minimum absolute atomic E-state index is 0.168. The van der Waals surface area contributed by atoms with Crippen molar-refractivity contribution in [1.82, 2.24) is 4.90 Å². The molecule has 1 aromatic heterocycles. The van der Waals surface area contributed by atoms with Gasteiger partial charge in [-0.05, 0) is 31.1 Å². The first-order valence-corrected chi connectivity index (χ1v) is 8.00. The molecule has 5 heteroatoms. The molecule has 1 amide bonds. The van der Waals surface area contributed by atoms with E-state index >= 15 is 0 Å². The summed E-state index contributed by atoms with van der Waals surface area (Å²) in [4.78, 5) is 26.6. The van der Waals surface area contributed by atoms with E-state index in [0.29, 0.717) is 24.4 Å². The highest BCUT2D eigenvalue weighted by molar-refractivity contribution is 5.90. The number of furan rings is 1. The Hall–Kier alpha value is -2.82. The highest BCUT2D eigenvalue weighted by Crippen LogP contribution is 2.23. The zero-order valence-electron chi connectivity index (χ0n) is 13.3. The van der Waals surface area contributed by atoms with Crippen LogP contribution in [0.25, 0.3) is 6.08 Å². The van der Waals surface area contributed by atoms with Gasteiger partial charge in [-0.2, -0.15) is 0 Å². The maximum Gasteiger partial charge on any atom is 0.332 e. The average Bonchev–Trinajstić information content (AvgIpc) is 3.31. The van der Waals surface area contributed by atoms with E-state index < -0.39 is 12.1 Å². The second-order valence-corrected chi connectivity index (χ2v) is 5.61. The third-order valence-electron chi connectivity index (χ3n) is 3.91. The molecule has 1 fully saturated rings. The van der Waals surface area contributed by atoms with Crippen LogP contribution >= 0.6 is 0 Å². The average molecular weight is 325 g/mol. The Kier molecular flexibility index (Phi) is 5.11. The summed E-state index contributed by atoms with van der Waals surface area (Å²) < 4.78 is 10.6. The molecule has 0 aliphatic carbocycles. The van der Waals surface area contributed by atoms with Crippen molar-refractivity contribution in [3.8, 4) is 0 Å².